The Balaban J connectivity index is 1.72. The molecule has 0 fully saturated rings. The van der Waals surface area contributed by atoms with Gasteiger partial charge in [0.05, 0.1) is 30.7 Å². The van der Waals surface area contributed by atoms with Gasteiger partial charge in [-0.15, -0.1) is 0 Å². The van der Waals surface area contributed by atoms with Crippen LogP contribution in [-0.4, -0.2) is 42.1 Å². The molecule has 0 radical (unpaired) electrons. The summed E-state index contributed by atoms with van der Waals surface area (Å²) in [7, 11) is 0. The number of aromatic nitrogens is 5. The van der Waals surface area contributed by atoms with Gasteiger partial charge in [0.25, 0.3) is 0 Å². The van der Waals surface area contributed by atoms with E-state index in [1.54, 1.807) is 12.4 Å². The number of aliphatic hydroxyl groups excluding tert-OH is 1. The number of hydrogen-bond donors (Lipinski definition) is 3. The highest BCUT2D eigenvalue weighted by molar-refractivity contribution is 5.52. The smallest absolute Gasteiger partial charge is 0.222 e. The minimum atomic E-state index is -0.118. The number of nitrogens with two attached hydrogens (primary N) is 1. The molecule has 0 spiro atoms. The maximum Gasteiger partial charge on any atom is 0.222 e. The lowest BCUT2D eigenvalue weighted by molar-refractivity contribution is 0.265. The summed E-state index contributed by atoms with van der Waals surface area (Å²) in [5.74, 6) is 1.08. The van der Waals surface area contributed by atoms with Crippen LogP contribution in [0.3, 0.4) is 0 Å². The molecule has 1 atom stereocenters. The SMILES string of the molecule is CCCC[C@@H](CO)Nc1nc(N)ncc1OCc1cn2ccncc2n1. The minimum Gasteiger partial charge on any atom is -0.482 e. The molecule has 0 amide bonds. The molecule has 0 aliphatic heterocycles. The van der Waals surface area contributed by atoms with Crippen LogP contribution in [0.15, 0.2) is 31.0 Å². The summed E-state index contributed by atoms with van der Waals surface area (Å²) in [5.41, 5.74) is 7.20. The zero-order chi connectivity index (χ0) is 18.4. The van der Waals surface area contributed by atoms with Crippen molar-refractivity contribution in [1.82, 2.24) is 24.3 Å². The number of nitrogen functional groups attached to an aromatic ring is 1. The van der Waals surface area contributed by atoms with Crippen molar-refractivity contribution in [2.45, 2.75) is 38.8 Å². The largest absolute Gasteiger partial charge is 0.482 e. The van der Waals surface area contributed by atoms with E-state index in [1.165, 1.54) is 6.20 Å². The number of hydrogen-bond acceptors (Lipinski definition) is 8. The topological polar surface area (TPSA) is 123 Å². The molecule has 26 heavy (non-hydrogen) atoms. The predicted molar refractivity (Wildman–Crippen MR) is 97.8 cm³/mol. The van der Waals surface area contributed by atoms with Gasteiger partial charge in [0.1, 0.15) is 6.61 Å². The quantitative estimate of drug-likeness (QED) is 0.528. The van der Waals surface area contributed by atoms with E-state index >= 15 is 0 Å². The number of nitrogens with zero attached hydrogens (tertiary/aromatic N) is 5. The van der Waals surface area contributed by atoms with E-state index in [0.29, 0.717) is 11.6 Å². The van der Waals surface area contributed by atoms with Gasteiger partial charge in [-0.3, -0.25) is 4.98 Å². The van der Waals surface area contributed by atoms with Crippen molar-refractivity contribution < 1.29 is 9.84 Å². The summed E-state index contributed by atoms with van der Waals surface area (Å²) in [4.78, 5) is 16.7. The van der Waals surface area contributed by atoms with Crippen LogP contribution in [0.4, 0.5) is 11.8 Å². The summed E-state index contributed by atoms with van der Waals surface area (Å²) in [6.07, 6.45) is 11.5. The van der Waals surface area contributed by atoms with Crippen molar-refractivity contribution in [2.24, 2.45) is 0 Å². The summed E-state index contributed by atoms with van der Waals surface area (Å²) in [6, 6.07) is -0.118. The molecule has 0 aromatic carbocycles. The third kappa shape index (κ3) is 4.37. The molecule has 0 aliphatic carbocycles. The average molecular weight is 357 g/mol. The molecular weight excluding hydrogens is 334 g/mol. The monoisotopic (exact) mass is 357 g/mol. The van der Waals surface area contributed by atoms with E-state index in [0.717, 1.165) is 30.6 Å². The lowest BCUT2D eigenvalue weighted by atomic mass is 10.1. The van der Waals surface area contributed by atoms with Crippen LogP contribution >= 0.6 is 0 Å². The van der Waals surface area contributed by atoms with Crippen molar-refractivity contribution in [3.05, 3.63) is 36.7 Å². The molecule has 3 aromatic rings. The standard InChI is InChI=1S/C17H23N7O2/c1-2-3-4-12(10-25)22-16-14(7-20-17(18)23-16)26-11-13-9-24-6-5-19-8-15(24)21-13/h5-9,12,25H,2-4,10-11H2,1H3,(H3,18,20,22,23)/t12-/m0/s1. The first-order chi connectivity index (χ1) is 12.7. The van der Waals surface area contributed by atoms with Gasteiger partial charge < -0.3 is 25.3 Å². The average Bonchev–Trinajstić information content (AvgIpc) is 3.07. The molecule has 0 unspecified atom stereocenters. The third-order valence-electron chi connectivity index (χ3n) is 3.93. The fourth-order valence-electron chi connectivity index (χ4n) is 2.56. The van der Waals surface area contributed by atoms with Crippen LogP contribution in [0.2, 0.25) is 0 Å². The molecule has 3 rings (SSSR count). The summed E-state index contributed by atoms with van der Waals surface area (Å²) < 4.78 is 7.71. The van der Waals surface area contributed by atoms with Crippen LogP contribution in [-0.2, 0) is 6.61 Å². The van der Waals surface area contributed by atoms with Gasteiger partial charge in [-0.25, -0.2) is 9.97 Å². The molecule has 9 heteroatoms. The zero-order valence-corrected chi connectivity index (χ0v) is 14.7. The van der Waals surface area contributed by atoms with Gasteiger partial charge >= 0.3 is 0 Å². The number of rotatable bonds is 9. The van der Waals surface area contributed by atoms with E-state index < -0.39 is 0 Å². The van der Waals surface area contributed by atoms with Crippen LogP contribution in [0, 0.1) is 0 Å². The fraction of sp³-hybridized carbons (Fsp3) is 0.412. The lowest BCUT2D eigenvalue weighted by Gasteiger charge is -2.18. The number of ether oxygens (including phenoxy) is 1. The molecule has 4 N–H and O–H groups in total. The van der Waals surface area contributed by atoms with Gasteiger partial charge in [0.15, 0.2) is 17.2 Å². The Hall–Kier alpha value is -2.94. The first kappa shape index (κ1) is 17.9. The third-order valence-corrected chi connectivity index (χ3v) is 3.93. The van der Waals surface area contributed by atoms with Gasteiger partial charge in [-0.1, -0.05) is 19.8 Å². The van der Waals surface area contributed by atoms with Crippen molar-refractivity contribution in [2.75, 3.05) is 17.7 Å². The number of imidazole rings is 1. The number of anilines is 2. The first-order valence-electron chi connectivity index (χ1n) is 8.60. The van der Waals surface area contributed by atoms with Gasteiger partial charge in [-0.05, 0) is 6.42 Å². The van der Waals surface area contributed by atoms with E-state index in [2.05, 4.69) is 32.2 Å². The maximum atomic E-state index is 9.57. The summed E-state index contributed by atoms with van der Waals surface area (Å²) in [6.45, 7) is 2.36. The van der Waals surface area contributed by atoms with Crippen LogP contribution in [0.1, 0.15) is 31.9 Å². The minimum absolute atomic E-state index is 0.00276. The lowest BCUT2D eigenvalue weighted by Crippen LogP contribution is -2.25. The highest BCUT2D eigenvalue weighted by Crippen LogP contribution is 2.24. The first-order valence-corrected chi connectivity index (χ1v) is 8.60. The predicted octanol–water partition coefficient (Wildman–Crippen LogP) is 1.64. The molecule has 9 nitrogen and oxygen atoms in total. The normalized spacial score (nSPS) is 12.2. The van der Waals surface area contributed by atoms with Crippen LogP contribution < -0.4 is 15.8 Å². The molecule has 0 bridgehead atoms. The summed E-state index contributed by atoms with van der Waals surface area (Å²) in [5, 5.41) is 12.8. The van der Waals surface area contributed by atoms with E-state index in [-0.39, 0.29) is 25.2 Å². The molecule has 0 saturated heterocycles. The fourth-order valence-corrected chi connectivity index (χ4v) is 2.56. The molecule has 0 saturated carbocycles. The number of unbranched alkanes of at least 4 members (excludes halogenated alkanes) is 1. The Kier molecular flexibility index (Phi) is 5.80. The maximum absolute atomic E-state index is 9.57. The molecule has 0 aliphatic rings. The Morgan fingerprint density at radius 3 is 3.00 bits per heavy atom. The second-order valence-electron chi connectivity index (χ2n) is 5.97. The Labute approximate surface area is 151 Å². The zero-order valence-electron chi connectivity index (χ0n) is 14.7. The van der Waals surface area contributed by atoms with Gasteiger partial charge in [0.2, 0.25) is 5.95 Å². The Morgan fingerprint density at radius 1 is 1.35 bits per heavy atom. The Morgan fingerprint density at radius 2 is 2.23 bits per heavy atom. The number of fused-ring (bicyclic) bond motifs is 1. The Bertz CT molecular complexity index is 819. The number of nitrogens with one attached hydrogen (secondary N) is 1. The van der Waals surface area contributed by atoms with Crippen molar-refractivity contribution >= 4 is 17.4 Å². The van der Waals surface area contributed by atoms with Crippen molar-refractivity contribution in [3.8, 4) is 5.75 Å². The van der Waals surface area contributed by atoms with Crippen LogP contribution in [0.25, 0.3) is 5.65 Å². The van der Waals surface area contributed by atoms with E-state index in [9.17, 15) is 5.11 Å². The molecule has 3 heterocycles. The van der Waals surface area contributed by atoms with Gasteiger partial charge in [0, 0.05) is 18.6 Å². The second kappa shape index (κ2) is 8.43. The highest BCUT2D eigenvalue weighted by Gasteiger charge is 2.14. The van der Waals surface area contributed by atoms with Crippen molar-refractivity contribution in [3.63, 3.8) is 0 Å². The molecule has 138 valence electrons. The second-order valence-corrected chi connectivity index (χ2v) is 5.97. The van der Waals surface area contributed by atoms with Gasteiger partial charge in [-0.2, -0.15) is 4.98 Å². The molecule has 3 aromatic heterocycles. The highest BCUT2D eigenvalue weighted by atomic mass is 16.5. The molecular formula is C17H23N7O2. The van der Waals surface area contributed by atoms with E-state index in [1.807, 2.05) is 16.8 Å². The number of aliphatic hydroxyl groups is 1. The summed E-state index contributed by atoms with van der Waals surface area (Å²) >= 11 is 0. The van der Waals surface area contributed by atoms with Crippen LogP contribution in [0.5, 0.6) is 5.75 Å². The van der Waals surface area contributed by atoms with E-state index in [4.69, 9.17) is 10.5 Å². The van der Waals surface area contributed by atoms with Crippen molar-refractivity contribution in [1.29, 1.82) is 0 Å².